The van der Waals surface area contributed by atoms with Crippen LogP contribution in [0, 0.1) is 0 Å². The van der Waals surface area contributed by atoms with Gasteiger partial charge in [0.25, 0.3) is 0 Å². The Labute approximate surface area is 84.1 Å². The Morgan fingerprint density at radius 3 is 2.20 bits per heavy atom. The molecule has 1 aliphatic rings. The molecule has 6 nitrogen and oxygen atoms in total. The van der Waals surface area contributed by atoms with Crippen molar-refractivity contribution >= 4 is 17.5 Å². The molecule has 1 heterocycles. The van der Waals surface area contributed by atoms with Crippen LogP contribution in [0.2, 0.25) is 0 Å². The summed E-state index contributed by atoms with van der Waals surface area (Å²) in [7, 11) is 1.45. The fraction of sp³-hybridized carbons (Fsp3) is 0.111. The van der Waals surface area contributed by atoms with E-state index in [-0.39, 0.29) is 5.36 Å². The van der Waals surface area contributed by atoms with Crippen molar-refractivity contribution in [2.75, 3.05) is 12.8 Å². The summed E-state index contributed by atoms with van der Waals surface area (Å²) < 4.78 is 4.95. The second-order valence-electron chi connectivity index (χ2n) is 2.92. The quantitative estimate of drug-likeness (QED) is 0.450. The molecule has 0 fully saturated rings. The second-order valence-corrected chi connectivity index (χ2v) is 2.92. The van der Waals surface area contributed by atoms with Crippen LogP contribution < -0.4 is 21.2 Å². The van der Waals surface area contributed by atoms with Gasteiger partial charge in [0.2, 0.25) is 0 Å². The van der Waals surface area contributed by atoms with Crippen LogP contribution in [0.15, 0.2) is 22.1 Å². The molecule has 0 saturated heterocycles. The lowest BCUT2D eigenvalue weighted by atomic mass is 10.2. The molecule has 1 aromatic rings. The highest BCUT2D eigenvalue weighted by molar-refractivity contribution is 6.36. The second kappa shape index (κ2) is 3.16. The predicted octanol–water partition coefficient (Wildman–Crippen LogP) is -1.42. The molecule has 0 saturated carbocycles. The number of carbonyl (C=O) groups is 2. The average molecular weight is 205 g/mol. The third-order valence-corrected chi connectivity index (χ3v) is 1.95. The Bertz CT molecular complexity index is 577. The van der Waals surface area contributed by atoms with Crippen LogP contribution in [-0.4, -0.2) is 18.9 Å². The van der Waals surface area contributed by atoms with E-state index in [0.29, 0.717) is 16.8 Å². The van der Waals surface area contributed by atoms with Gasteiger partial charge >= 0.3 is 11.8 Å². The van der Waals surface area contributed by atoms with Crippen LogP contribution in [0.5, 0.6) is 5.75 Å². The largest absolute Gasteiger partial charge is 0.495 e. The number of nitrogens with two attached hydrogens (primary N) is 1. The molecule has 6 heteroatoms. The number of ether oxygens (including phenoxy) is 1. The smallest absolute Gasteiger partial charge is 0.338 e. The molecule has 0 aromatic heterocycles. The molecule has 0 unspecified atom stereocenters. The lowest BCUT2D eigenvalue weighted by Crippen LogP contribution is -2.34. The van der Waals surface area contributed by atoms with Crippen LogP contribution in [-0.2, 0) is 9.59 Å². The van der Waals surface area contributed by atoms with Gasteiger partial charge in [0, 0.05) is 6.07 Å². The van der Waals surface area contributed by atoms with Crippen molar-refractivity contribution in [2.45, 2.75) is 0 Å². The standard InChI is InChI=1S/C9H7N3O3/c1-15-7-3-6-5(2-4(7)10)11-8(13)9(14)12-6/h2-3H,10H2,1H3. The van der Waals surface area contributed by atoms with Crippen LogP contribution >= 0.6 is 0 Å². The zero-order chi connectivity index (χ0) is 11.0. The molecule has 0 aliphatic carbocycles. The third-order valence-electron chi connectivity index (χ3n) is 1.95. The monoisotopic (exact) mass is 205 g/mol. The Kier molecular flexibility index (Phi) is 1.96. The van der Waals surface area contributed by atoms with Crippen molar-refractivity contribution in [2.24, 2.45) is 9.98 Å². The lowest BCUT2D eigenvalue weighted by molar-refractivity contribution is -0.135. The SMILES string of the molecule is COc1cc2c(cc1N)=NC(=O)C(=O)N=2. The molecule has 0 bridgehead atoms. The maximum absolute atomic E-state index is 11.0. The van der Waals surface area contributed by atoms with Gasteiger partial charge in [-0.15, -0.1) is 0 Å². The van der Waals surface area contributed by atoms with Crippen molar-refractivity contribution < 1.29 is 14.3 Å². The molecule has 0 radical (unpaired) electrons. The molecule has 76 valence electrons. The van der Waals surface area contributed by atoms with Crippen molar-refractivity contribution in [3.63, 3.8) is 0 Å². The number of anilines is 1. The van der Waals surface area contributed by atoms with Crippen molar-refractivity contribution in [1.29, 1.82) is 0 Å². The fourth-order valence-electron chi connectivity index (χ4n) is 1.24. The summed E-state index contributed by atoms with van der Waals surface area (Å²) in [6.07, 6.45) is 0. The number of methoxy groups -OCH3 is 1. The number of amides is 2. The van der Waals surface area contributed by atoms with Gasteiger partial charge in [-0.05, 0) is 6.07 Å². The van der Waals surface area contributed by atoms with E-state index in [1.165, 1.54) is 19.2 Å². The highest BCUT2D eigenvalue weighted by Crippen LogP contribution is 2.15. The lowest BCUT2D eigenvalue weighted by Gasteiger charge is -2.04. The van der Waals surface area contributed by atoms with Crippen molar-refractivity contribution in [3.8, 4) is 5.75 Å². The minimum Gasteiger partial charge on any atom is -0.495 e. The summed E-state index contributed by atoms with van der Waals surface area (Å²) >= 11 is 0. The molecule has 1 aromatic carbocycles. The Hall–Kier alpha value is -2.24. The number of fused-ring (bicyclic) bond motifs is 1. The number of hydrogen-bond acceptors (Lipinski definition) is 4. The topological polar surface area (TPSA) is 94.1 Å². The Morgan fingerprint density at radius 2 is 1.67 bits per heavy atom. The van der Waals surface area contributed by atoms with Gasteiger partial charge in [0.05, 0.1) is 23.5 Å². The van der Waals surface area contributed by atoms with E-state index in [1.54, 1.807) is 0 Å². The molecular weight excluding hydrogens is 198 g/mol. The van der Waals surface area contributed by atoms with Gasteiger partial charge < -0.3 is 10.5 Å². The summed E-state index contributed by atoms with van der Waals surface area (Å²) in [6, 6.07) is 2.92. The summed E-state index contributed by atoms with van der Waals surface area (Å²) in [5.41, 5.74) is 5.96. The molecule has 1 aliphatic heterocycles. The van der Waals surface area contributed by atoms with Gasteiger partial charge in [-0.2, -0.15) is 0 Å². The minimum absolute atomic E-state index is 0.290. The molecule has 0 spiro atoms. The summed E-state index contributed by atoms with van der Waals surface area (Å²) in [5, 5.41) is 0.587. The van der Waals surface area contributed by atoms with Crippen LogP contribution in [0.1, 0.15) is 0 Å². The molecule has 2 amide bonds. The number of rotatable bonds is 1. The highest BCUT2D eigenvalue weighted by Gasteiger charge is 2.16. The number of carbonyl (C=O) groups excluding carboxylic acids is 2. The summed E-state index contributed by atoms with van der Waals surface area (Å²) in [6.45, 7) is 0. The number of nitrogens with zero attached hydrogens (tertiary/aromatic N) is 2. The van der Waals surface area contributed by atoms with E-state index >= 15 is 0 Å². The van der Waals surface area contributed by atoms with Gasteiger partial charge in [-0.3, -0.25) is 9.59 Å². The molecule has 0 atom stereocenters. The van der Waals surface area contributed by atoms with Crippen LogP contribution in [0.4, 0.5) is 5.69 Å². The van der Waals surface area contributed by atoms with Crippen LogP contribution in [0.3, 0.4) is 0 Å². The summed E-state index contributed by atoms with van der Waals surface area (Å²) in [5.74, 6) is -1.36. The zero-order valence-electron chi connectivity index (χ0n) is 7.85. The predicted molar refractivity (Wildman–Crippen MR) is 49.7 cm³/mol. The fourth-order valence-corrected chi connectivity index (χ4v) is 1.24. The average Bonchev–Trinajstić information content (AvgIpc) is 2.20. The maximum atomic E-state index is 11.0. The zero-order valence-corrected chi connectivity index (χ0v) is 7.85. The third kappa shape index (κ3) is 1.45. The first kappa shape index (κ1) is 9.32. The first-order chi connectivity index (χ1) is 7.11. The number of benzene rings is 1. The number of hydrogen-bond donors (Lipinski definition) is 1. The summed E-state index contributed by atoms with van der Waals surface area (Å²) in [4.78, 5) is 29.0. The van der Waals surface area contributed by atoms with Gasteiger partial charge in [-0.1, -0.05) is 0 Å². The van der Waals surface area contributed by atoms with E-state index in [0.717, 1.165) is 0 Å². The Balaban J connectivity index is 2.80. The molecule has 2 rings (SSSR count). The normalized spacial score (nSPS) is 13.9. The molecular formula is C9H7N3O3. The first-order valence-electron chi connectivity index (χ1n) is 4.11. The first-order valence-corrected chi connectivity index (χ1v) is 4.11. The van der Waals surface area contributed by atoms with Crippen molar-refractivity contribution in [1.82, 2.24) is 0 Å². The van der Waals surface area contributed by atoms with Crippen LogP contribution in [0.25, 0.3) is 0 Å². The highest BCUT2D eigenvalue weighted by atomic mass is 16.5. The van der Waals surface area contributed by atoms with Gasteiger partial charge in [-0.25, -0.2) is 9.98 Å². The number of nitrogen functional groups attached to an aromatic ring is 1. The molecule has 15 heavy (non-hydrogen) atoms. The maximum Gasteiger partial charge on any atom is 0.338 e. The van der Waals surface area contributed by atoms with E-state index < -0.39 is 11.8 Å². The van der Waals surface area contributed by atoms with Gasteiger partial charge in [0.15, 0.2) is 0 Å². The van der Waals surface area contributed by atoms with Crippen molar-refractivity contribution in [3.05, 3.63) is 22.8 Å². The van der Waals surface area contributed by atoms with E-state index in [4.69, 9.17) is 10.5 Å². The molecule has 2 N–H and O–H groups in total. The van der Waals surface area contributed by atoms with E-state index in [9.17, 15) is 9.59 Å². The van der Waals surface area contributed by atoms with Gasteiger partial charge in [0.1, 0.15) is 5.75 Å². The Morgan fingerprint density at radius 1 is 1.13 bits per heavy atom. The minimum atomic E-state index is -0.882. The van der Waals surface area contributed by atoms with E-state index in [2.05, 4.69) is 9.98 Å². The van der Waals surface area contributed by atoms with E-state index in [1.807, 2.05) is 0 Å².